The van der Waals surface area contributed by atoms with Gasteiger partial charge in [-0.1, -0.05) is 6.58 Å². The molecule has 1 heterocycles. The molecule has 0 spiro atoms. The number of aliphatic hydroxyl groups excluding tert-OH is 1. The van der Waals surface area contributed by atoms with E-state index in [1.54, 1.807) is 6.20 Å². The van der Waals surface area contributed by atoms with Gasteiger partial charge in [0.05, 0.1) is 5.76 Å². The normalized spacial score (nSPS) is 10.0. The second kappa shape index (κ2) is 4.11. The van der Waals surface area contributed by atoms with Crippen LogP contribution in [0.4, 0.5) is 5.13 Å². The molecule has 3 N–H and O–H groups in total. The smallest absolute Gasteiger partial charge is 0.180 e. The topological polar surface area (TPSA) is 59.1 Å². The van der Waals surface area contributed by atoms with E-state index in [0.717, 1.165) is 17.7 Å². The van der Waals surface area contributed by atoms with Crippen LogP contribution >= 0.6 is 11.3 Å². The molecule has 0 aliphatic heterocycles. The molecule has 12 heavy (non-hydrogen) atoms. The van der Waals surface area contributed by atoms with Crippen molar-refractivity contribution in [2.75, 3.05) is 5.73 Å². The number of nitrogens with two attached hydrogens (primary N) is 1. The van der Waals surface area contributed by atoms with Crippen molar-refractivity contribution in [3.8, 4) is 0 Å². The predicted octanol–water partition coefficient (Wildman–Crippen LogP) is 2.12. The third-order valence-electron chi connectivity index (χ3n) is 1.46. The Bertz CT molecular complexity index is 270. The van der Waals surface area contributed by atoms with E-state index < -0.39 is 0 Å². The third-order valence-corrected chi connectivity index (χ3v) is 2.35. The maximum atomic E-state index is 8.80. The summed E-state index contributed by atoms with van der Waals surface area (Å²) in [4.78, 5) is 5.09. The van der Waals surface area contributed by atoms with E-state index in [1.165, 1.54) is 11.3 Å². The van der Waals surface area contributed by atoms with Gasteiger partial charge in [-0.15, -0.1) is 11.3 Å². The second-order valence-corrected chi connectivity index (χ2v) is 3.73. The highest BCUT2D eigenvalue weighted by Gasteiger charge is 1.98. The van der Waals surface area contributed by atoms with E-state index in [2.05, 4.69) is 11.6 Å². The van der Waals surface area contributed by atoms with Gasteiger partial charge in [-0.3, -0.25) is 0 Å². The third kappa shape index (κ3) is 2.92. The highest BCUT2D eigenvalue weighted by atomic mass is 32.1. The van der Waals surface area contributed by atoms with Crippen molar-refractivity contribution in [3.63, 3.8) is 0 Å². The van der Waals surface area contributed by atoms with Crippen LogP contribution < -0.4 is 5.73 Å². The molecule has 0 fully saturated rings. The summed E-state index contributed by atoms with van der Waals surface area (Å²) in [5, 5.41) is 9.41. The minimum Gasteiger partial charge on any atom is -0.513 e. The van der Waals surface area contributed by atoms with Crippen LogP contribution in [0, 0.1) is 0 Å². The predicted molar refractivity (Wildman–Crippen MR) is 51.2 cm³/mol. The minimum absolute atomic E-state index is 0.243. The fraction of sp³-hybridized carbons (Fsp3) is 0.375. The standard InChI is InChI=1S/C8H12N2OS/c1-6(11)3-2-4-7-5-10-8(9)12-7/h5,11H,1-4H2,(H2,9,10). The molecule has 3 nitrogen and oxygen atoms in total. The Morgan fingerprint density at radius 1 is 1.75 bits per heavy atom. The molecule has 1 aromatic heterocycles. The van der Waals surface area contributed by atoms with Crippen molar-refractivity contribution in [1.82, 2.24) is 4.98 Å². The lowest BCUT2D eigenvalue weighted by atomic mass is 10.2. The van der Waals surface area contributed by atoms with Crippen LogP contribution in [0.2, 0.25) is 0 Å². The lowest BCUT2D eigenvalue weighted by Gasteiger charge is -1.95. The zero-order valence-electron chi connectivity index (χ0n) is 6.79. The Kier molecular flexibility index (Phi) is 3.10. The first-order valence-corrected chi connectivity index (χ1v) is 4.57. The molecule has 0 aromatic carbocycles. The number of nitrogens with zero attached hydrogens (tertiary/aromatic N) is 1. The zero-order valence-corrected chi connectivity index (χ0v) is 7.60. The number of anilines is 1. The van der Waals surface area contributed by atoms with Crippen molar-refractivity contribution in [2.24, 2.45) is 0 Å². The fourth-order valence-corrected chi connectivity index (χ4v) is 1.63. The second-order valence-electron chi connectivity index (χ2n) is 2.58. The van der Waals surface area contributed by atoms with Gasteiger partial charge in [0.25, 0.3) is 0 Å². The monoisotopic (exact) mass is 184 g/mol. The first-order chi connectivity index (χ1) is 5.68. The van der Waals surface area contributed by atoms with Crippen molar-refractivity contribution in [2.45, 2.75) is 19.3 Å². The number of aryl methyl sites for hydroxylation is 1. The maximum absolute atomic E-state index is 8.80. The van der Waals surface area contributed by atoms with Crippen molar-refractivity contribution in [3.05, 3.63) is 23.4 Å². The van der Waals surface area contributed by atoms with Gasteiger partial charge in [0, 0.05) is 17.5 Å². The molecule has 0 amide bonds. The average Bonchev–Trinajstić information content (AvgIpc) is 2.35. The van der Waals surface area contributed by atoms with Crippen LogP contribution in [0.5, 0.6) is 0 Å². The highest BCUT2D eigenvalue weighted by Crippen LogP contribution is 2.17. The summed E-state index contributed by atoms with van der Waals surface area (Å²) < 4.78 is 0. The van der Waals surface area contributed by atoms with E-state index in [9.17, 15) is 0 Å². The lowest BCUT2D eigenvalue weighted by Crippen LogP contribution is -1.83. The molecule has 0 unspecified atom stereocenters. The van der Waals surface area contributed by atoms with E-state index in [4.69, 9.17) is 10.8 Å². The SMILES string of the molecule is C=C(O)CCCc1cnc(N)s1. The van der Waals surface area contributed by atoms with Crippen LogP contribution in [-0.2, 0) is 6.42 Å². The molecule has 1 rings (SSSR count). The number of hydrogen-bond donors (Lipinski definition) is 2. The van der Waals surface area contributed by atoms with Gasteiger partial charge in [0.2, 0.25) is 0 Å². The Morgan fingerprint density at radius 2 is 2.50 bits per heavy atom. The molecular formula is C8H12N2OS. The number of hydrogen-bond acceptors (Lipinski definition) is 4. The van der Waals surface area contributed by atoms with E-state index in [-0.39, 0.29) is 5.76 Å². The molecule has 1 aromatic rings. The van der Waals surface area contributed by atoms with Gasteiger partial charge in [0.15, 0.2) is 5.13 Å². The number of rotatable bonds is 4. The van der Waals surface area contributed by atoms with Crippen LogP contribution in [-0.4, -0.2) is 10.1 Å². The van der Waals surface area contributed by atoms with Crippen LogP contribution in [0.1, 0.15) is 17.7 Å². The quantitative estimate of drug-likeness (QED) is 0.705. The molecule has 4 heteroatoms. The zero-order chi connectivity index (χ0) is 8.97. The van der Waals surface area contributed by atoms with E-state index in [1.807, 2.05) is 0 Å². The number of aromatic nitrogens is 1. The van der Waals surface area contributed by atoms with Gasteiger partial charge in [0.1, 0.15) is 0 Å². The highest BCUT2D eigenvalue weighted by molar-refractivity contribution is 7.15. The van der Waals surface area contributed by atoms with Gasteiger partial charge in [-0.05, 0) is 12.8 Å². The first-order valence-electron chi connectivity index (χ1n) is 3.75. The summed E-state index contributed by atoms with van der Waals surface area (Å²) in [6.45, 7) is 3.41. The van der Waals surface area contributed by atoms with Gasteiger partial charge in [-0.2, -0.15) is 0 Å². The molecule has 0 radical (unpaired) electrons. The summed E-state index contributed by atoms with van der Waals surface area (Å²) in [7, 11) is 0. The molecule has 0 saturated heterocycles. The van der Waals surface area contributed by atoms with Crippen molar-refractivity contribution < 1.29 is 5.11 Å². The van der Waals surface area contributed by atoms with Gasteiger partial charge < -0.3 is 10.8 Å². The van der Waals surface area contributed by atoms with E-state index >= 15 is 0 Å². The summed E-state index contributed by atoms with van der Waals surface area (Å²) in [6, 6.07) is 0. The van der Waals surface area contributed by atoms with Gasteiger partial charge in [-0.25, -0.2) is 4.98 Å². The van der Waals surface area contributed by atoms with Crippen LogP contribution in [0.3, 0.4) is 0 Å². The number of aliphatic hydroxyl groups is 1. The summed E-state index contributed by atoms with van der Waals surface area (Å²) >= 11 is 1.49. The number of thiazole rings is 1. The molecule has 0 aliphatic carbocycles. The van der Waals surface area contributed by atoms with Crippen LogP contribution in [0.15, 0.2) is 18.5 Å². The minimum atomic E-state index is 0.243. The fourth-order valence-electron chi connectivity index (χ4n) is 0.905. The largest absolute Gasteiger partial charge is 0.513 e. The first kappa shape index (κ1) is 9.06. The Balaban J connectivity index is 2.29. The Hall–Kier alpha value is -1.03. The molecule has 0 atom stereocenters. The van der Waals surface area contributed by atoms with Crippen molar-refractivity contribution >= 4 is 16.5 Å². The molecule has 0 aliphatic rings. The summed E-state index contributed by atoms with van der Waals surface area (Å²) in [6.07, 6.45) is 4.24. The Morgan fingerprint density at radius 3 is 3.00 bits per heavy atom. The van der Waals surface area contributed by atoms with Gasteiger partial charge >= 0.3 is 0 Å². The lowest BCUT2D eigenvalue weighted by molar-refractivity contribution is 0.387. The average molecular weight is 184 g/mol. The Labute approximate surface area is 75.6 Å². The number of nitrogen functional groups attached to an aromatic ring is 1. The molecular weight excluding hydrogens is 172 g/mol. The summed E-state index contributed by atoms with van der Waals surface area (Å²) in [5.74, 6) is 0.243. The molecule has 66 valence electrons. The van der Waals surface area contributed by atoms with Crippen molar-refractivity contribution in [1.29, 1.82) is 0 Å². The summed E-state index contributed by atoms with van der Waals surface area (Å²) in [5.41, 5.74) is 5.45. The molecule has 0 bridgehead atoms. The molecule has 0 saturated carbocycles. The van der Waals surface area contributed by atoms with Crippen LogP contribution in [0.25, 0.3) is 0 Å². The number of allylic oxidation sites excluding steroid dienone is 1. The maximum Gasteiger partial charge on any atom is 0.180 e. The van der Waals surface area contributed by atoms with E-state index in [0.29, 0.717) is 11.6 Å².